The van der Waals surface area contributed by atoms with Crippen LogP contribution in [0.25, 0.3) is 0 Å². The molecule has 0 aliphatic rings. The van der Waals surface area contributed by atoms with E-state index in [1.165, 1.54) is 16.7 Å². The van der Waals surface area contributed by atoms with Gasteiger partial charge in [0.05, 0.1) is 7.11 Å². The molecule has 0 amide bonds. The van der Waals surface area contributed by atoms with Crippen LogP contribution in [-0.4, -0.2) is 20.7 Å². The molecule has 2 rings (SSSR count). The van der Waals surface area contributed by atoms with Gasteiger partial charge in [0.2, 0.25) is 0 Å². The maximum Gasteiger partial charge on any atom is 0.119 e. The van der Waals surface area contributed by atoms with Crippen molar-refractivity contribution in [3.8, 4) is 5.75 Å². The number of rotatable bonds is 7. The number of hydrogen-bond donors (Lipinski definition) is 1. The molecule has 2 heteroatoms. The van der Waals surface area contributed by atoms with Gasteiger partial charge in [-0.15, -0.1) is 0 Å². The highest BCUT2D eigenvalue weighted by atomic mass is 16.5. The molecule has 0 aliphatic carbocycles. The lowest BCUT2D eigenvalue weighted by atomic mass is 9.92. The second kappa shape index (κ2) is 7.84. The van der Waals surface area contributed by atoms with Crippen LogP contribution >= 0.6 is 0 Å². The van der Waals surface area contributed by atoms with Gasteiger partial charge in [-0.05, 0) is 62.5 Å². The first-order chi connectivity index (χ1) is 10.2. The Morgan fingerprint density at radius 2 is 1.67 bits per heavy atom. The number of hydrogen-bond acceptors (Lipinski definition) is 2. The van der Waals surface area contributed by atoms with E-state index in [4.69, 9.17) is 4.74 Å². The van der Waals surface area contributed by atoms with Gasteiger partial charge in [-0.2, -0.15) is 0 Å². The summed E-state index contributed by atoms with van der Waals surface area (Å²) in [5.41, 5.74) is 4.08. The largest absolute Gasteiger partial charge is 0.497 e. The molecule has 2 aromatic carbocycles. The molecule has 1 unspecified atom stereocenters. The second-order valence-corrected chi connectivity index (χ2v) is 5.67. The van der Waals surface area contributed by atoms with Crippen molar-refractivity contribution in [2.75, 3.05) is 20.7 Å². The minimum Gasteiger partial charge on any atom is -0.497 e. The average Bonchev–Trinajstić information content (AvgIpc) is 2.48. The molecule has 0 spiro atoms. The van der Waals surface area contributed by atoms with E-state index in [9.17, 15) is 0 Å². The van der Waals surface area contributed by atoms with Gasteiger partial charge in [0.1, 0.15) is 5.75 Å². The van der Waals surface area contributed by atoms with E-state index < -0.39 is 0 Å². The monoisotopic (exact) mass is 283 g/mol. The number of aryl methyl sites for hydroxylation is 1. The Hall–Kier alpha value is -1.80. The third-order valence-electron chi connectivity index (χ3n) is 3.76. The number of methoxy groups -OCH3 is 1. The van der Waals surface area contributed by atoms with Crippen molar-refractivity contribution in [3.05, 3.63) is 65.2 Å². The van der Waals surface area contributed by atoms with Gasteiger partial charge in [-0.1, -0.05) is 42.0 Å². The van der Waals surface area contributed by atoms with Crippen LogP contribution in [0.15, 0.2) is 48.5 Å². The van der Waals surface area contributed by atoms with Crippen LogP contribution in [0.2, 0.25) is 0 Å². The average molecular weight is 283 g/mol. The van der Waals surface area contributed by atoms with Crippen molar-refractivity contribution >= 4 is 0 Å². The van der Waals surface area contributed by atoms with Crippen molar-refractivity contribution < 1.29 is 4.74 Å². The molecule has 1 N–H and O–H groups in total. The Labute approximate surface area is 128 Å². The summed E-state index contributed by atoms with van der Waals surface area (Å²) in [6.07, 6.45) is 2.16. The number of benzene rings is 2. The van der Waals surface area contributed by atoms with E-state index in [2.05, 4.69) is 54.7 Å². The Morgan fingerprint density at radius 3 is 2.29 bits per heavy atom. The van der Waals surface area contributed by atoms with Crippen LogP contribution in [0.3, 0.4) is 0 Å². The predicted octanol–water partition coefficient (Wildman–Crippen LogP) is 3.62. The van der Waals surface area contributed by atoms with E-state index in [-0.39, 0.29) is 0 Å². The minimum absolute atomic E-state index is 0.587. The van der Waals surface area contributed by atoms with E-state index in [1.807, 2.05) is 13.1 Å². The first kappa shape index (κ1) is 15.6. The Bertz CT molecular complexity index is 565. The van der Waals surface area contributed by atoms with Crippen LogP contribution in [0.4, 0.5) is 0 Å². The highest BCUT2D eigenvalue weighted by Gasteiger charge is 2.11. The zero-order chi connectivity index (χ0) is 15.1. The SMILES string of the molecule is CNCC(Cc1cccc(C)c1)Cc1cccc(OC)c1. The van der Waals surface area contributed by atoms with E-state index in [0.29, 0.717) is 5.92 Å². The van der Waals surface area contributed by atoms with E-state index >= 15 is 0 Å². The van der Waals surface area contributed by atoms with Crippen LogP contribution in [0, 0.1) is 12.8 Å². The smallest absolute Gasteiger partial charge is 0.119 e. The van der Waals surface area contributed by atoms with Crippen LogP contribution in [0.1, 0.15) is 16.7 Å². The normalized spacial score (nSPS) is 12.1. The zero-order valence-corrected chi connectivity index (χ0v) is 13.2. The summed E-state index contributed by atoms with van der Waals surface area (Å²) in [4.78, 5) is 0. The molecule has 0 bridgehead atoms. The topological polar surface area (TPSA) is 21.3 Å². The highest BCUT2D eigenvalue weighted by Crippen LogP contribution is 2.19. The van der Waals surface area contributed by atoms with Gasteiger partial charge >= 0.3 is 0 Å². The van der Waals surface area contributed by atoms with Crippen molar-refractivity contribution in [1.82, 2.24) is 5.32 Å². The quantitative estimate of drug-likeness (QED) is 0.838. The number of nitrogens with one attached hydrogen (secondary N) is 1. The predicted molar refractivity (Wildman–Crippen MR) is 89.0 cm³/mol. The fourth-order valence-corrected chi connectivity index (χ4v) is 2.81. The summed E-state index contributed by atoms with van der Waals surface area (Å²) in [5.74, 6) is 1.52. The van der Waals surface area contributed by atoms with E-state index in [0.717, 1.165) is 25.1 Å². The number of ether oxygens (including phenoxy) is 1. The standard InChI is InChI=1S/C19H25NO/c1-15-6-4-7-16(10-15)11-18(14-20-2)12-17-8-5-9-19(13-17)21-3/h4-10,13,18,20H,11-12,14H2,1-3H3. The molecule has 112 valence electrons. The lowest BCUT2D eigenvalue weighted by Crippen LogP contribution is -2.22. The molecular formula is C19H25NO. The van der Waals surface area contributed by atoms with E-state index in [1.54, 1.807) is 7.11 Å². The molecule has 2 aromatic rings. The van der Waals surface area contributed by atoms with Crippen molar-refractivity contribution in [2.24, 2.45) is 5.92 Å². The Morgan fingerprint density at radius 1 is 1.00 bits per heavy atom. The Balaban J connectivity index is 2.07. The van der Waals surface area contributed by atoms with Crippen molar-refractivity contribution in [1.29, 1.82) is 0 Å². The lowest BCUT2D eigenvalue weighted by Gasteiger charge is -2.17. The molecule has 0 radical (unpaired) electrons. The molecule has 0 aliphatic heterocycles. The van der Waals surface area contributed by atoms with Crippen LogP contribution in [-0.2, 0) is 12.8 Å². The summed E-state index contributed by atoms with van der Waals surface area (Å²) in [7, 11) is 3.74. The van der Waals surface area contributed by atoms with Gasteiger partial charge in [0, 0.05) is 0 Å². The third-order valence-corrected chi connectivity index (χ3v) is 3.76. The summed E-state index contributed by atoms with van der Waals surface area (Å²) < 4.78 is 5.31. The van der Waals surface area contributed by atoms with Gasteiger partial charge < -0.3 is 10.1 Å². The molecule has 1 atom stereocenters. The van der Waals surface area contributed by atoms with Gasteiger partial charge in [0.15, 0.2) is 0 Å². The first-order valence-corrected chi connectivity index (χ1v) is 7.54. The van der Waals surface area contributed by atoms with Gasteiger partial charge in [-0.3, -0.25) is 0 Å². The molecule has 0 fully saturated rings. The molecule has 21 heavy (non-hydrogen) atoms. The summed E-state index contributed by atoms with van der Waals surface area (Å²) in [5, 5.41) is 3.32. The fourth-order valence-electron chi connectivity index (χ4n) is 2.81. The maximum absolute atomic E-state index is 5.31. The zero-order valence-electron chi connectivity index (χ0n) is 13.2. The van der Waals surface area contributed by atoms with Gasteiger partial charge in [-0.25, -0.2) is 0 Å². The molecule has 0 aromatic heterocycles. The summed E-state index contributed by atoms with van der Waals surface area (Å²) in [6.45, 7) is 3.17. The third kappa shape index (κ3) is 4.91. The molecule has 0 heterocycles. The van der Waals surface area contributed by atoms with Crippen molar-refractivity contribution in [3.63, 3.8) is 0 Å². The summed E-state index contributed by atoms with van der Waals surface area (Å²) in [6, 6.07) is 17.2. The minimum atomic E-state index is 0.587. The lowest BCUT2D eigenvalue weighted by molar-refractivity contribution is 0.413. The second-order valence-electron chi connectivity index (χ2n) is 5.67. The van der Waals surface area contributed by atoms with Crippen molar-refractivity contribution in [2.45, 2.75) is 19.8 Å². The molecular weight excluding hydrogens is 258 g/mol. The van der Waals surface area contributed by atoms with Gasteiger partial charge in [0.25, 0.3) is 0 Å². The first-order valence-electron chi connectivity index (χ1n) is 7.54. The van der Waals surface area contributed by atoms with Crippen LogP contribution < -0.4 is 10.1 Å². The van der Waals surface area contributed by atoms with Crippen LogP contribution in [0.5, 0.6) is 5.75 Å². The highest BCUT2D eigenvalue weighted by molar-refractivity contribution is 5.29. The molecule has 2 nitrogen and oxygen atoms in total. The summed E-state index contributed by atoms with van der Waals surface area (Å²) >= 11 is 0. The molecule has 0 saturated heterocycles. The maximum atomic E-state index is 5.31. The Kier molecular flexibility index (Phi) is 5.82. The molecule has 0 saturated carbocycles. The fraction of sp³-hybridized carbons (Fsp3) is 0.368.